The average molecular weight is 309 g/mol. The van der Waals surface area contributed by atoms with E-state index in [-0.39, 0.29) is 5.54 Å². The number of benzene rings is 1. The van der Waals surface area contributed by atoms with Gasteiger partial charge in [0, 0.05) is 54.5 Å². The van der Waals surface area contributed by atoms with E-state index in [2.05, 4.69) is 42.9 Å². The number of hydrogen-bond acceptors (Lipinski definition) is 2. The lowest BCUT2D eigenvalue weighted by Crippen LogP contribution is -2.34. The van der Waals surface area contributed by atoms with Crippen LogP contribution < -0.4 is 5.32 Å². The number of nitrogens with zero attached hydrogens (tertiary/aromatic N) is 1. The molecule has 1 heterocycles. The molecule has 0 atom stereocenters. The number of ether oxygens (including phenoxy) is 1. The third-order valence-electron chi connectivity index (χ3n) is 3.48. The Labute approximate surface area is 132 Å². The molecule has 116 valence electrons. The quantitative estimate of drug-likeness (QED) is 0.809. The molecule has 1 N–H and O–H groups in total. The van der Waals surface area contributed by atoms with Crippen LogP contribution in [0.25, 0.3) is 10.9 Å². The maximum Gasteiger partial charge on any atom is 0.0498 e. The first-order valence-electron chi connectivity index (χ1n) is 7.42. The zero-order valence-electron chi connectivity index (χ0n) is 13.4. The summed E-state index contributed by atoms with van der Waals surface area (Å²) in [5, 5.41) is 5.61. The van der Waals surface area contributed by atoms with Gasteiger partial charge in [0.05, 0.1) is 0 Å². The second kappa shape index (κ2) is 6.82. The zero-order valence-corrected chi connectivity index (χ0v) is 14.1. The van der Waals surface area contributed by atoms with Gasteiger partial charge in [0.1, 0.15) is 0 Å². The highest BCUT2D eigenvalue weighted by Crippen LogP contribution is 2.25. The summed E-state index contributed by atoms with van der Waals surface area (Å²) < 4.78 is 7.42. The predicted molar refractivity (Wildman–Crippen MR) is 90.0 cm³/mol. The number of rotatable bonds is 6. The Morgan fingerprint density at radius 2 is 2.05 bits per heavy atom. The Morgan fingerprint density at radius 1 is 1.29 bits per heavy atom. The average Bonchev–Trinajstić information content (AvgIpc) is 2.74. The zero-order chi connectivity index (χ0) is 15.5. The highest BCUT2D eigenvalue weighted by Gasteiger charge is 2.13. The Hall–Kier alpha value is -1.03. The Kier molecular flexibility index (Phi) is 5.31. The van der Waals surface area contributed by atoms with Crippen LogP contribution in [0.3, 0.4) is 0 Å². The first-order chi connectivity index (χ1) is 9.90. The van der Waals surface area contributed by atoms with Crippen LogP contribution in [0.4, 0.5) is 0 Å². The fourth-order valence-electron chi connectivity index (χ4n) is 2.41. The smallest absolute Gasteiger partial charge is 0.0498 e. The van der Waals surface area contributed by atoms with Gasteiger partial charge in [-0.1, -0.05) is 17.7 Å². The number of hydrogen-bond donors (Lipinski definition) is 1. The molecular weight excluding hydrogens is 284 g/mol. The van der Waals surface area contributed by atoms with Crippen molar-refractivity contribution in [2.24, 2.45) is 0 Å². The van der Waals surface area contributed by atoms with E-state index in [0.29, 0.717) is 0 Å². The normalized spacial score (nSPS) is 12.2. The summed E-state index contributed by atoms with van der Waals surface area (Å²) in [6.45, 7) is 9.12. The first-order valence-corrected chi connectivity index (χ1v) is 7.80. The molecule has 1 aromatic heterocycles. The van der Waals surface area contributed by atoms with Gasteiger partial charge < -0.3 is 14.6 Å². The number of methoxy groups -OCH3 is 1. The first kappa shape index (κ1) is 16.3. The van der Waals surface area contributed by atoms with Crippen molar-refractivity contribution < 1.29 is 4.74 Å². The third kappa shape index (κ3) is 4.47. The second-order valence-electron chi connectivity index (χ2n) is 6.46. The van der Waals surface area contributed by atoms with Gasteiger partial charge in [0.2, 0.25) is 0 Å². The predicted octanol–water partition coefficient (Wildman–Crippen LogP) is 4.22. The van der Waals surface area contributed by atoms with Crippen molar-refractivity contribution >= 4 is 22.5 Å². The highest BCUT2D eigenvalue weighted by molar-refractivity contribution is 6.31. The van der Waals surface area contributed by atoms with Crippen LogP contribution in [0.5, 0.6) is 0 Å². The Morgan fingerprint density at radius 3 is 2.71 bits per heavy atom. The van der Waals surface area contributed by atoms with Crippen LogP contribution in [0.15, 0.2) is 24.4 Å². The van der Waals surface area contributed by atoms with Crippen molar-refractivity contribution in [2.45, 2.75) is 45.8 Å². The van der Waals surface area contributed by atoms with Crippen molar-refractivity contribution in [2.75, 3.05) is 13.7 Å². The van der Waals surface area contributed by atoms with Gasteiger partial charge in [0.15, 0.2) is 0 Å². The molecule has 21 heavy (non-hydrogen) atoms. The monoisotopic (exact) mass is 308 g/mol. The molecule has 2 aromatic rings. The summed E-state index contributed by atoms with van der Waals surface area (Å²) in [4.78, 5) is 0. The fourth-order valence-corrected chi connectivity index (χ4v) is 2.57. The maximum atomic E-state index is 6.16. The van der Waals surface area contributed by atoms with Gasteiger partial charge >= 0.3 is 0 Å². The standard InChI is InChI=1S/C17H25ClN2O/c1-17(2,3)19-11-13-12-20(8-5-9-21-4)16-10-14(18)6-7-15(13)16/h6-7,10,12,19H,5,8-9,11H2,1-4H3. The number of aromatic nitrogens is 1. The minimum absolute atomic E-state index is 0.108. The molecule has 0 aliphatic rings. The highest BCUT2D eigenvalue weighted by atomic mass is 35.5. The van der Waals surface area contributed by atoms with Crippen LogP contribution in [0, 0.1) is 0 Å². The van der Waals surface area contributed by atoms with Crippen molar-refractivity contribution in [3.05, 3.63) is 35.0 Å². The van der Waals surface area contributed by atoms with Crippen molar-refractivity contribution in [3.8, 4) is 0 Å². The van der Waals surface area contributed by atoms with Crippen molar-refractivity contribution in [3.63, 3.8) is 0 Å². The minimum atomic E-state index is 0.108. The van der Waals surface area contributed by atoms with E-state index in [9.17, 15) is 0 Å². The number of aryl methyl sites for hydroxylation is 1. The Balaban J connectivity index is 2.28. The summed E-state index contributed by atoms with van der Waals surface area (Å²) >= 11 is 6.16. The van der Waals surface area contributed by atoms with Crippen molar-refractivity contribution in [1.82, 2.24) is 9.88 Å². The van der Waals surface area contributed by atoms with Crippen LogP contribution >= 0.6 is 11.6 Å². The molecule has 2 rings (SSSR count). The molecule has 4 heteroatoms. The molecule has 0 spiro atoms. The molecule has 0 aliphatic heterocycles. The van der Waals surface area contributed by atoms with E-state index in [0.717, 1.165) is 31.1 Å². The summed E-state index contributed by atoms with van der Waals surface area (Å²) in [5.41, 5.74) is 2.62. The van der Waals surface area contributed by atoms with Crippen molar-refractivity contribution in [1.29, 1.82) is 0 Å². The van der Waals surface area contributed by atoms with E-state index in [1.165, 1.54) is 16.5 Å². The topological polar surface area (TPSA) is 26.2 Å². The van der Waals surface area contributed by atoms with E-state index in [1.54, 1.807) is 7.11 Å². The molecular formula is C17H25ClN2O. The summed E-state index contributed by atoms with van der Waals surface area (Å²) in [7, 11) is 1.74. The third-order valence-corrected chi connectivity index (χ3v) is 3.72. The number of halogens is 1. The molecule has 0 saturated heterocycles. The SMILES string of the molecule is COCCCn1cc(CNC(C)(C)C)c2ccc(Cl)cc21. The summed E-state index contributed by atoms with van der Waals surface area (Å²) in [6.07, 6.45) is 3.23. The molecule has 1 aromatic carbocycles. The molecule has 0 amide bonds. The van der Waals surface area contributed by atoms with Gasteiger partial charge in [-0.15, -0.1) is 0 Å². The molecule has 0 fully saturated rings. The minimum Gasteiger partial charge on any atom is -0.385 e. The molecule has 0 unspecified atom stereocenters. The van der Waals surface area contributed by atoms with Gasteiger partial charge in [0.25, 0.3) is 0 Å². The van der Waals surface area contributed by atoms with Crippen LogP contribution in [0.2, 0.25) is 5.02 Å². The molecule has 0 bridgehead atoms. The summed E-state index contributed by atoms with van der Waals surface area (Å²) in [5.74, 6) is 0. The maximum absolute atomic E-state index is 6.16. The van der Waals surface area contributed by atoms with Gasteiger partial charge in [-0.25, -0.2) is 0 Å². The largest absolute Gasteiger partial charge is 0.385 e. The van der Waals surface area contributed by atoms with E-state index >= 15 is 0 Å². The molecule has 0 aliphatic carbocycles. The van der Waals surface area contributed by atoms with Gasteiger partial charge in [-0.05, 0) is 44.9 Å². The van der Waals surface area contributed by atoms with E-state index < -0.39 is 0 Å². The van der Waals surface area contributed by atoms with Gasteiger partial charge in [-0.3, -0.25) is 0 Å². The van der Waals surface area contributed by atoms with E-state index in [1.807, 2.05) is 12.1 Å². The number of fused-ring (bicyclic) bond motifs is 1. The fraction of sp³-hybridized carbons (Fsp3) is 0.529. The second-order valence-corrected chi connectivity index (χ2v) is 6.90. The number of nitrogens with one attached hydrogen (secondary N) is 1. The van der Waals surface area contributed by atoms with Crippen LogP contribution in [-0.2, 0) is 17.8 Å². The molecule has 3 nitrogen and oxygen atoms in total. The lowest BCUT2D eigenvalue weighted by molar-refractivity contribution is 0.190. The van der Waals surface area contributed by atoms with Gasteiger partial charge in [-0.2, -0.15) is 0 Å². The molecule has 0 radical (unpaired) electrons. The summed E-state index contributed by atoms with van der Waals surface area (Å²) in [6, 6.07) is 6.12. The van der Waals surface area contributed by atoms with Crippen LogP contribution in [0.1, 0.15) is 32.8 Å². The lowest BCUT2D eigenvalue weighted by Gasteiger charge is -2.20. The lowest BCUT2D eigenvalue weighted by atomic mass is 10.1. The van der Waals surface area contributed by atoms with E-state index in [4.69, 9.17) is 16.3 Å². The molecule has 0 saturated carbocycles. The van der Waals surface area contributed by atoms with Crippen LogP contribution in [-0.4, -0.2) is 23.8 Å². The Bertz CT molecular complexity index is 599.